The number of anilines is 1. The smallest absolute Gasteiger partial charge is 0.335 e. The second-order valence-electron chi connectivity index (χ2n) is 6.64. The summed E-state index contributed by atoms with van der Waals surface area (Å²) in [5.74, 6) is 0.432. The van der Waals surface area contributed by atoms with E-state index >= 15 is 0 Å². The Balaban J connectivity index is 1.50. The van der Waals surface area contributed by atoms with Crippen LogP contribution in [-0.4, -0.2) is 37.6 Å². The van der Waals surface area contributed by atoms with Gasteiger partial charge in [-0.2, -0.15) is 14.4 Å². The maximum Gasteiger partial charge on any atom is 0.506 e. The van der Waals surface area contributed by atoms with E-state index in [1.165, 1.54) is 21.2 Å². The van der Waals surface area contributed by atoms with Gasteiger partial charge in [0.25, 0.3) is 5.89 Å². The molecule has 1 aromatic heterocycles. The number of allylic oxidation sites excluding steroid dienone is 1. The molecular formula is C21H14ClN4O3S+. The second kappa shape index (κ2) is 7.55. The number of thioether (sulfide) groups is 1. The third-order valence-corrected chi connectivity index (χ3v) is 6.04. The minimum absolute atomic E-state index is 0.0623. The Hall–Kier alpha value is -3.23. The molecular weight excluding hydrogens is 424 g/mol. The van der Waals surface area contributed by atoms with Crippen molar-refractivity contribution in [3.63, 3.8) is 0 Å². The van der Waals surface area contributed by atoms with E-state index in [9.17, 15) is 9.59 Å². The number of hydrogen-bond acceptors (Lipinski definition) is 6. The zero-order valence-corrected chi connectivity index (χ0v) is 17.0. The highest BCUT2D eigenvalue weighted by Crippen LogP contribution is 2.31. The number of carbonyl (C=O) groups is 2. The summed E-state index contributed by atoms with van der Waals surface area (Å²) < 4.78 is 6.88. The Kier molecular flexibility index (Phi) is 4.72. The average molecular weight is 438 g/mol. The van der Waals surface area contributed by atoms with Gasteiger partial charge in [0.2, 0.25) is 5.82 Å². The summed E-state index contributed by atoms with van der Waals surface area (Å²) in [5, 5.41) is 5.84. The van der Waals surface area contributed by atoms with Crippen LogP contribution in [0.5, 0.6) is 0 Å². The Bertz CT molecular complexity index is 1200. The van der Waals surface area contributed by atoms with Crippen molar-refractivity contribution in [1.29, 1.82) is 0 Å². The normalized spacial score (nSPS) is 18.3. The van der Waals surface area contributed by atoms with Gasteiger partial charge < -0.3 is 4.52 Å². The third-order valence-electron chi connectivity index (χ3n) is 4.78. The molecule has 2 aromatic carbocycles. The fourth-order valence-electron chi connectivity index (χ4n) is 3.35. The van der Waals surface area contributed by atoms with Crippen molar-refractivity contribution in [3.05, 3.63) is 77.0 Å². The molecule has 9 heteroatoms. The van der Waals surface area contributed by atoms with Crippen molar-refractivity contribution in [3.8, 4) is 11.4 Å². The van der Waals surface area contributed by atoms with Crippen LogP contribution in [0, 0.1) is 0 Å². The van der Waals surface area contributed by atoms with Crippen LogP contribution in [0.4, 0.5) is 10.5 Å². The first-order valence-electron chi connectivity index (χ1n) is 9.10. The molecule has 0 spiro atoms. The number of fused-ring (bicyclic) bond motifs is 1. The monoisotopic (exact) mass is 437 g/mol. The summed E-state index contributed by atoms with van der Waals surface area (Å²) in [5.41, 5.74) is 1.89. The molecule has 5 rings (SSSR count). The maximum atomic E-state index is 13.3. The lowest BCUT2D eigenvalue weighted by molar-refractivity contribution is -0.448. The van der Waals surface area contributed by atoms with Gasteiger partial charge in [-0.25, -0.2) is 4.79 Å². The molecule has 1 unspecified atom stereocenters. The highest BCUT2D eigenvalue weighted by atomic mass is 35.5. The molecule has 0 aliphatic carbocycles. The van der Waals surface area contributed by atoms with Crippen molar-refractivity contribution in [2.45, 2.75) is 11.8 Å². The summed E-state index contributed by atoms with van der Waals surface area (Å²) in [4.78, 5) is 31.9. The zero-order valence-electron chi connectivity index (χ0n) is 15.4. The molecule has 2 aliphatic rings. The quantitative estimate of drug-likeness (QED) is 0.571. The fourth-order valence-corrected chi connectivity index (χ4v) is 4.42. The number of rotatable bonds is 4. The average Bonchev–Trinajstić information content (AvgIpc) is 3.43. The van der Waals surface area contributed by atoms with Gasteiger partial charge in [-0.3, -0.25) is 0 Å². The maximum absolute atomic E-state index is 13.3. The Labute approximate surface area is 180 Å². The third kappa shape index (κ3) is 3.24. The molecule has 3 amide bonds. The predicted molar refractivity (Wildman–Crippen MR) is 114 cm³/mol. The fraction of sp³-hybridized carbons (Fsp3) is 0.0952. The van der Waals surface area contributed by atoms with Gasteiger partial charge in [-0.05, 0) is 35.7 Å². The first-order chi connectivity index (χ1) is 14.6. The van der Waals surface area contributed by atoms with E-state index in [0.29, 0.717) is 22.2 Å². The Morgan fingerprint density at radius 1 is 1.10 bits per heavy atom. The SMILES string of the molecule is O=C1C2SC=CC2=[N+](Cc2nc(-c3ccccc3)no2)C(=O)N1c1ccc(Cl)cc1. The van der Waals surface area contributed by atoms with Crippen molar-refractivity contribution < 1.29 is 18.7 Å². The zero-order chi connectivity index (χ0) is 20.7. The molecule has 0 N–H and O–H groups in total. The van der Waals surface area contributed by atoms with Crippen molar-refractivity contribution in [2.75, 3.05) is 4.90 Å². The van der Waals surface area contributed by atoms with Crippen LogP contribution in [0.3, 0.4) is 0 Å². The number of halogens is 1. The molecule has 0 bridgehead atoms. The number of urea groups is 1. The molecule has 3 aromatic rings. The Morgan fingerprint density at radius 3 is 2.63 bits per heavy atom. The van der Waals surface area contributed by atoms with Crippen molar-refractivity contribution in [2.24, 2.45) is 0 Å². The van der Waals surface area contributed by atoms with E-state index in [0.717, 1.165) is 5.56 Å². The Morgan fingerprint density at radius 2 is 1.87 bits per heavy atom. The minimum Gasteiger partial charge on any atom is -0.335 e. The first kappa shape index (κ1) is 18.8. The molecule has 3 heterocycles. The van der Waals surface area contributed by atoms with E-state index in [4.69, 9.17) is 16.1 Å². The number of hydrogen-bond donors (Lipinski definition) is 0. The van der Waals surface area contributed by atoms with Crippen LogP contribution in [0.25, 0.3) is 11.4 Å². The molecule has 0 fully saturated rings. The standard InChI is InChI=1S/C21H14ClN4O3S/c22-14-6-8-15(9-7-14)26-20(27)18-16(10-11-30-18)25(21(26)28)12-17-23-19(24-29-17)13-4-2-1-3-5-13/h1-11,18H,12H2/q+1. The van der Waals surface area contributed by atoms with Gasteiger partial charge in [0, 0.05) is 10.6 Å². The van der Waals surface area contributed by atoms with Crippen LogP contribution < -0.4 is 4.90 Å². The van der Waals surface area contributed by atoms with Gasteiger partial charge in [-0.15, -0.1) is 16.7 Å². The van der Waals surface area contributed by atoms with Gasteiger partial charge in [0.05, 0.1) is 0 Å². The predicted octanol–water partition coefficient (Wildman–Crippen LogP) is 4.14. The van der Waals surface area contributed by atoms with Gasteiger partial charge >= 0.3 is 11.9 Å². The molecule has 0 radical (unpaired) electrons. The largest absolute Gasteiger partial charge is 0.506 e. The van der Waals surface area contributed by atoms with Crippen LogP contribution in [0.1, 0.15) is 5.89 Å². The number of nitrogens with zero attached hydrogens (tertiary/aromatic N) is 4. The van der Waals surface area contributed by atoms with Gasteiger partial charge in [-0.1, -0.05) is 47.1 Å². The highest BCUT2D eigenvalue weighted by Gasteiger charge is 2.50. The number of imide groups is 1. The summed E-state index contributed by atoms with van der Waals surface area (Å²) in [6.45, 7) is 0.0623. The number of benzene rings is 2. The van der Waals surface area contributed by atoms with Gasteiger partial charge in [0.1, 0.15) is 11.4 Å². The van der Waals surface area contributed by atoms with E-state index in [-0.39, 0.29) is 18.3 Å². The van der Waals surface area contributed by atoms with Crippen LogP contribution >= 0.6 is 23.4 Å². The van der Waals surface area contributed by atoms with Gasteiger partial charge in [0.15, 0.2) is 11.8 Å². The van der Waals surface area contributed by atoms with E-state index in [2.05, 4.69) is 10.1 Å². The molecule has 148 valence electrons. The number of amides is 3. The molecule has 0 saturated carbocycles. The topological polar surface area (TPSA) is 79.3 Å². The van der Waals surface area contributed by atoms with Crippen molar-refractivity contribution >= 4 is 46.7 Å². The summed E-state index contributed by atoms with van der Waals surface area (Å²) >= 11 is 7.32. The second-order valence-corrected chi connectivity index (χ2v) is 8.09. The van der Waals surface area contributed by atoms with Crippen LogP contribution in [-0.2, 0) is 11.3 Å². The molecule has 0 saturated heterocycles. The molecule has 30 heavy (non-hydrogen) atoms. The van der Waals surface area contributed by atoms with E-state index in [1.54, 1.807) is 30.3 Å². The summed E-state index contributed by atoms with van der Waals surface area (Å²) in [6, 6.07) is 15.5. The number of carbonyl (C=O) groups excluding carboxylic acids is 2. The molecule has 7 nitrogen and oxygen atoms in total. The lowest BCUT2D eigenvalue weighted by Crippen LogP contribution is -2.55. The lowest BCUT2D eigenvalue weighted by atomic mass is 10.1. The van der Waals surface area contributed by atoms with Crippen LogP contribution in [0.2, 0.25) is 5.02 Å². The first-order valence-corrected chi connectivity index (χ1v) is 10.4. The van der Waals surface area contributed by atoms with Crippen LogP contribution in [0.15, 0.2) is 70.6 Å². The lowest BCUT2D eigenvalue weighted by Gasteiger charge is -2.23. The minimum atomic E-state index is -0.505. The van der Waals surface area contributed by atoms with E-state index in [1.807, 2.05) is 35.7 Å². The molecule has 2 aliphatic heterocycles. The summed E-state index contributed by atoms with van der Waals surface area (Å²) in [7, 11) is 0. The summed E-state index contributed by atoms with van der Waals surface area (Å²) in [6.07, 6.45) is 1.78. The van der Waals surface area contributed by atoms with Crippen molar-refractivity contribution in [1.82, 2.24) is 10.1 Å². The highest BCUT2D eigenvalue weighted by molar-refractivity contribution is 8.04. The molecule has 1 atom stereocenters. The number of aromatic nitrogens is 2. The van der Waals surface area contributed by atoms with E-state index < -0.39 is 11.3 Å².